The maximum atomic E-state index is 12.4. The number of amidine groups is 1. The van der Waals surface area contributed by atoms with E-state index in [0.29, 0.717) is 26.5 Å². The SMILES string of the molecule is O=C1N=C(Nc2cc(-c3cocn3)ccc2Cl)SC1=Cc1ccc2ncccc2c1. The number of aliphatic imine (C=N–C) groups is 1. The Hall–Kier alpha value is -3.42. The van der Waals surface area contributed by atoms with Crippen molar-refractivity contribution < 1.29 is 9.21 Å². The third-order valence-corrected chi connectivity index (χ3v) is 5.71. The van der Waals surface area contributed by atoms with E-state index < -0.39 is 0 Å². The van der Waals surface area contributed by atoms with Gasteiger partial charge in [-0.15, -0.1) is 0 Å². The number of nitrogens with zero attached hydrogens (tertiary/aromatic N) is 3. The van der Waals surface area contributed by atoms with Gasteiger partial charge in [0.2, 0.25) is 0 Å². The molecule has 2 aromatic carbocycles. The van der Waals surface area contributed by atoms with Gasteiger partial charge in [-0.2, -0.15) is 4.99 Å². The van der Waals surface area contributed by atoms with Crippen molar-refractivity contribution in [1.82, 2.24) is 9.97 Å². The van der Waals surface area contributed by atoms with Crippen LogP contribution in [-0.4, -0.2) is 21.0 Å². The monoisotopic (exact) mass is 432 g/mol. The molecule has 1 aliphatic rings. The topological polar surface area (TPSA) is 80.4 Å². The van der Waals surface area contributed by atoms with E-state index in [1.165, 1.54) is 18.2 Å². The average molecular weight is 433 g/mol. The number of halogens is 1. The number of carbonyl (C=O) groups excluding carboxylic acids is 1. The Morgan fingerprint density at radius 3 is 2.90 bits per heavy atom. The third kappa shape index (κ3) is 3.72. The summed E-state index contributed by atoms with van der Waals surface area (Å²) < 4.78 is 5.04. The van der Waals surface area contributed by atoms with Crippen LogP contribution in [0.25, 0.3) is 28.2 Å². The molecule has 3 heterocycles. The second-order valence-electron chi connectivity index (χ2n) is 6.48. The molecule has 1 amide bonds. The summed E-state index contributed by atoms with van der Waals surface area (Å²) in [6.07, 6.45) is 6.50. The van der Waals surface area contributed by atoms with Gasteiger partial charge < -0.3 is 9.73 Å². The van der Waals surface area contributed by atoms with Crippen LogP contribution in [-0.2, 0) is 4.79 Å². The van der Waals surface area contributed by atoms with Crippen LogP contribution in [0.5, 0.6) is 0 Å². The minimum absolute atomic E-state index is 0.294. The van der Waals surface area contributed by atoms with Crippen LogP contribution in [0.2, 0.25) is 5.02 Å². The van der Waals surface area contributed by atoms with Crippen molar-refractivity contribution in [2.75, 3.05) is 5.32 Å². The Morgan fingerprint density at radius 2 is 2.03 bits per heavy atom. The maximum absolute atomic E-state index is 12.4. The zero-order valence-corrected chi connectivity index (χ0v) is 16.9. The van der Waals surface area contributed by atoms with Gasteiger partial charge in [0, 0.05) is 17.1 Å². The lowest BCUT2D eigenvalue weighted by atomic mass is 10.1. The molecule has 0 spiro atoms. The lowest BCUT2D eigenvalue weighted by Gasteiger charge is -2.08. The summed E-state index contributed by atoms with van der Waals surface area (Å²) in [7, 11) is 0. The van der Waals surface area contributed by atoms with E-state index in [4.69, 9.17) is 16.0 Å². The number of pyridine rings is 1. The highest BCUT2D eigenvalue weighted by Gasteiger charge is 2.22. The highest BCUT2D eigenvalue weighted by atomic mass is 35.5. The normalized spacial score (nSPS) is 15.0. The molecule has 4 aromatic rings. The van der Waals surface area contributed by atoms with Gasteiger partial charge in [0.15, 0.2) is 11.6 Å². The summed E-state index contributed by atoms with van der Waals surface area (Å²) in [4.78, 5) is 25.5. The van der Waals surface area contributed by atoms with Gasteiger partial charge in [0.1, 0.15) is 12.0 Å². The van der Waals surface area contributed by atoms with Crippen molar-refractivity contribution in [1.29, 1.82) is 0 Å². The smallest absolute Gasteiger partial charge is 0.286 e. The lowest BCUT2D eigenvalue weighted by molar-refractivity contribution is -0.113. The molecule has 5 rings (SSSR count). The largest absolute Gasteiger partial charge is 0.451 e. The van der Waals surface area contributed by atoms with Crippen LogP contribution in [0.3, 0.4) is 0 Å². The summed E-state index contributed by atoms with van der Waals surface area (Å²) in [5.74, 6) is -0.294. The fourth-order valence-corrected chi connectivity index (χ4v) is 4.04. The van der Waals surface area contributed by atoms with Gasteiger partial charge in [0.25, 0.3) is 5.91 Å². The number of nitrogens with one attached hydrogen (secondary N) is 1. The predicted molar refractivity (Wildman–Crippen MR) is 120 cm³/mol. The van der Waals surface area contributed by atoms with Gasteiger partial charge in [-0.3, -0.25) is 9.78 Å². The number of aromatic nitrogens is 2. The Kier molecular flexibility index (Phi) is 4.82. The first-order valence-electron chi connectivity index (χ1n) is 8.98. The number of oxazole rings is 1. The highest BCUT2D eigenvalue weighted by molar-refractivity contribution is 8.18. The van der Waals surface area contributed by atoms with Crippen LogP contribution in [0.4, 0.5) is 5.69 Å². The van der Waals surface area contributed by atoms with Gasteiger partial charge in [-0.25, -0.2) is 4.98 Å². The number of carbonyl (C=O) groups is 1. The van der Waals surface area contributed by atoms with E-state index in [-0.39, 0.29) is 5.91 Å². The number of rotatable bonds is 3. The van der Waals surface area contributed by atoms with E-state index in [2.05, 4.69) is 20.3 Å². The molecule has 1 N–H and O–H groups in total. The van der Waals surface area contributed by atoms with Crippen LogP contribution in [0, 0.1) is 0 Å². The molecule has 6 nitrogen and oxygen atoms in total. The highest BCUT2D eigenvalue weighted by Crippen LogP contribution is 2.33. The van der Waals surface area contributed by atoms with Crippen molar-refractivity contribution in [3.8, 4) is 11.3 Å². The second-order valence-corrected chi connectivity index (χ2v) is 7.92. The fraction of sp³-hybridized carbons (Fsp3) is 0. The number of hydrogen-bond acceptors (Lipinski definition) is 6. The van der Waals surface area contributed by atoms with Crippen molar-refractivity contribution in [3.05, 3.63) is 82.9 Å². The molecule has 0 bridgehead atoms. The third-order valence-electron chi connectivity index (χ3n) is 4.48. The number of anilines is 1. The molecule has 0 fully saturated rings. The molecule has 2 aromatic heterocycles. The molecule has 0 radical (unpaired) electrons. The number of thioether (sulfide) groups is 1. The first-order chi connectivity index (χ1) is 14.7. The van der Waals surface area contributed by atoms with Gasteiger partial charge >= 0.3 is 0 Å². The van der Waals surface area contributed by atoms with E-state index in [1.54, 1.807) is 18.5 Å². The first-order valence-corrected chi connectivity index (χ1v) is 10.2. The summed E-state index contributed by atoms with van der Waals surface area (Å²) >= 11 is 7.59. The molecular weight excluding hydrogens is 420 g/mol. The summed E-state index contributed by atoms with van der Waals surface area (Å²) in [5, 5.41) is 5.13. The summed E-state index contributed by atoms with van der Waals surface area (Å²) in [6.45, 7) is 0. The second kappa shape index (κ2) is 7.78. The number of amides is 1. The molecule has 0 unspecified atom stereocenters. The lowest BCUT2D eigenvalue weighted by Crippen LogP contribution is -2.05. The average Bonchev–Trinajstić information content (AvgIpc) is 3.40. The molecule has 0 saturated carbocycles. The zero-order valence-electron chi connectivity index (χ0n) is 15.4. The van der Waals surface area contributed by atoms with E-state index >= 15 is 0 Å². The van der Waals surface area contributed by atoms with Crippen LogP contribution in [0.1, 0.15) is 5.56 Å². The van der Waals surface area contributed by atoms with Crippen LogP contribution in [0.15, 0.2) is 81.7 Å². The molecule has 0 saturated heterocycles. The van der Waals surface area contributed by atoms with Crippen molar-refractivity contribution in [2.45, 2.75) is 0 Å². The molecule has 0 aliphatic carbocycles. The van der Waals surface area contributed by atoms with Crippen LogP contribution >= 0.6 is 23.4 Å². The fourth-order valence-electron chi connectivity index (χ4n) is 3.05. The Labute approximate surface area is 180 Å². The molecular formula is C22H13ClN4O2S. The maximum Gasteiger partial charge on any atom is 0.286 e. The van der Waals surface area contributed by atoms with E-state index in [0.717, 1.165) is 22.0 Å². The van der Waals surface area contributed by atoms with Gasteiger partial charge in [-0.1, -0.05) is 29.8 Å². The summed E-state index contributed by atoms with van der Waals surface area (Å²) in [6, 6.07) is 15.2. The Morgan fingerprint density at radius 1 is 1.10 bits per heavy atom. The van der Waals surface area contributed by atoms with E-state index in [1.807, 2.05) is 48.5 Å². The number of hydrogen-bond donors (Lipinski definition) is 1. The first kappa shape index (κ1) is 18.6. The standard InChI is InChI=1S/C22H13ClN4O2S/c23-16-5-4-15(19-11-29-12-25-19)10-18(16)26-22-27-21(28)20(30-22)9-13-3-6-17-14(8-13)2-1-7-24-17/h1-12H,(H,26,27,28). The predicted octanol–water partition coefficient (Wildman–Crippen LogP) is 5.63. The molecule has 0 atom stereocenters. The summed E-state index contributed by atoms with van der Waals surface area (Å²) in [5.41, 5.74) is 3.98. The van der Waals surface area contributed by atoms with Crippen molar-refractivity contribution >= 4 is 57.1 Å². The number of fused-ring (bicyclic) bond motifs is 1. The Bertz CT molecular complexity index is 1330. The minimum atomic E-state index is -0.294. The van der Waals surface area contributed by atoms with Crippen molar-refractivity contribution in [3.63, 3.8) is 0 Å². The quantitative estimate of drug-likeness (QED) is 0.423. The van der Waals surface area contributed by atoms with E-state index in [9.17, 15) is 4.79 Å². The van der Waals surface area contributed by atoms with Crippen LogP contribution < -0.4 is 5.32 Å². The Balaban J connectivity index is 1.37. The molecule has 146 valence electrons. The number of benzene rings is 2. The molecule has 30 heavy (non-hydrogen) atoms. The van der Waals surface area contributed by atoms with Crippen molar-refractivity contribution in [2.24, 2.45) is 4.99 Å². The van der Waals surface area contributed by atoms with Gasteiger partial charge in [0.05, 0.1) is 21.1 Å². The van der Waals surface area contributed by atoms with Gasteiger partial charge in [-0.05, 0) is 53.7 Å². The molecule has 8 heteroatoms. The zero-order chi connectivity index (χ0) is 20.5. The minimum Gasteiger partial charge on any atom is -0.451 e. The molecule has 1 aliphatic heterocycles.